The number of ether oxygens (including phenoxy) is 2. The summed E-state index contributed by atoms with van der Waals surface area (Å²) in [5.74, 6) is 1.03. The average molecular weight is 380 g/mol. The first-order valence-electron chi connectivity index (χ1n) is 7.63. The molecule has 0 aromatic heterocycles. The van der Waals surface area contributed by atoms with Crippen molar-refractivity contribution in [3.8, 4) is 11.5 Å². The summed E-state index contributed by atoms with van der Waals surface area (Å²) in [4.78, 5) is 10.3. The quantitative estimate of drug-likeness (QED) is 0.541. The summed E-state index contributed by atoms with van der Waals surface area (Å²) in [7, 11) is 0.532. The zero-order chi connectivity index (χ0) is 19.5. The Morgan fingerprint density at radius 2 is 1.73 bits per heavy atom. The third kappa shape index (κ3) is 3.94. The van der Waals surface area contributed by atoms with Crippen molar-refractivity contribution >= 4 is 15.7 Å². The van der Waals surface area contributed by atoms with Gasteiger partial charge in [-0.2, -0.15) is 4.31 Å². The predicted molar refractivity (Wildman–Crippen MR) is 96.0 cm³/mol. The van der Waals surface area contributed by atoms with Crippen molar-refractivity contribution in [3.05, 3.63) is 57.6 Å². The fraction of sp³-hybridized carbons (Fsp3) is 0.294. The second kappa shape index (κ2) is 7.71. The summed E-state index contributed by atoms with van der Waals surface area (Å²) in [6.45, 7) is 1.63. The Morgan fingerprint density at radius 1 is 1.08 bits per heavy atom. The van der Waals surface area contributed by atoms with Crippen LogP contribution in [0, 0.1) is 17.0 Å². The molecule has 0 N–H and O–H groups in total. The van der Waals surface area contributed by atoms with Crippen molar-refractivity contribution < 1.29 is 22.8 Å². The molecule has 2 aromatic carbocycles. The van der Waals surface area contributed by atoms with Gasteiger partial charge in [-0.1, -0.05) is 12.1 Å². The van der Waals surface area contributed by atoms with E-state index in [1.807, 2.05) is 0 Å². The average Bonchev–Trinajstić information content (AvgIpc) is 2.61. The molecule has 2 aromatic rings. The van der Waals surface area contributed by atoms with E-state index in [4.69, 9.17) is 9.47 Å². The molecule has 0 aliphatic rings. The van der Waals surface area contributed by atoms with Crippen LogP contribution in [0.5, 0.6) is 11.5 Å². The summed E-state index contributed by atoms with van der Waals surface area (Å²) in [6, 6.07) is 8.96. The molecule has 0 unspecified atom stereocenters. The number of hydrogen-bond donors (Lipinski definition) is 0. The molecular formula is C17H20N2O6S. The molecule has 2 rings (SSSR count). The Labute approximate surface area is 152 Å². The third-order valence-electron chi connectivity index (χ3n) is 3.94. The second-order valence-electron chi connectivity index (χ2n) is 5.66. The highest BCUT2D eigenvalue weighted by Gasteiger charge is 2.24. The largest absolute Gasteiger partial charge is 0.493 e. The second-order valence-corrected chi connectivity index (χ2v) is 7.70. The fourth-order valence-electron chi connectivity index (χ4n) is 2.45. The normalized spacial score (nSPS) is 11.4. The lowest BCUT2D eigenvalue weighted by atomic mass is 10.2. The monoisotopic (exact) mass is 380 g/mol. The number of nitro groups is 1. The van der Waals surface area contributed by atoms with Crippen molar-refractivity contribution in [2.75, 3.05) is 21.3 Å². The predicted octanol–water partition coefficient (Wildman–Crippen LogP) is 2.74. The Morgan fingerprint density at radius 3 is 2.31 bits per heavy atom. The van der Waals surface area contributed by atoms with E-state index in [1.165, 1.54) is 33.4 Å². The van der Waals surface area contributed by atoms with Crippen LogP contribution in [-0.2, 0) is 16.6 Å². The van der Waals surface area contributed by atoms with Crippen molar-refractivity contribution in [2.24, 2.45) is 0 Å². The highest BCUT2D eigenvalue weighted by Crippen LogP contribution is 2.29. The first-order valence-corrected chi connectivity index (χ1v) is 9.07. The molecule has 0 amide bonds. The molecule has 0 aliphatic carbocycles. The molecule has 0 saturated heterocycles. The van der Waals surface area contributed by atoms with Gasteiger partial charge in [0.25, 0.3) is 5.69 Å². The van der Waals surface area contributed by atoms with E-state index in [0.29, 0.717) is 22.6 Å². The van der Waals surface area contributed by atoms with Crippen molar-refractivity contribution in [2.45, 2.75) is 18.4 Å². The van der Waals surface area contributed by atoms with E-state index in [2.05, 4.69) is 0 Å². The standard InChI is InChI=1S/C17H20N2O6S/c1-12-5-7-14(10-15(12)19(20)21)26(22,23)18(2)11-13-6-8-16(24-3)17(9-13)25-4/h5-10H,11H2,1-4H3. The summed E-state index contributed by atoms with van der Waals surface area (Å²) in [5, 5.41) is 11.1. The molecule has 26 heavy (non-hydrogen) atoms. The molecule has 0 atom stereocenters. The number of aryl methyl sites for hydroxylation is 1. The molecule has 0 heterocycles. The molecule has 0 saturated carbocycles. The lowest BCUT2D eigenvalue weighted by Crippen LogP contribution is -2.26. The number of methoxy groups -OCH3 is 2. The van der Waals surface area contributed by atoms with Gasteiger partial charge in [0.1, 0.15) is 0 Å². The first-order chi connectivity index (χ1) is 12.2. The van der Waals surface area contributed by atoms with Crippen molar-refractivity contribution in [3.63, 3.8) is 0 Å². The Kier molecular flexibility index (Phi) is 5.83. The summed E-state index contributed by atoms with van der Waals surface area (Å²) in [6.07, 6.45) is 0. The van der Waals surface area contributed by atoms with Crippen LogP contribution in [0.4, 0.5) is 5.69 Å². The van der Waals surface area contributed by atoms with E-state index < -0.39 is 14.9 Å². The maximum Gasteiger partial charge on any atom is 0.273 e. The van der Waals surface area contributed by atoms with Gasteiger partial charge < -0.3 is 9.47 Å². The third-order valence-corrected chi connectivity index (χ3v) is 5.74. The number of hydrogen-bond acceptors (Lipinski definition) is 6. The lowest BCUT2D eigenvalue weighted by Gasteiger charge is -2.18. The zero-order valence-electron chi connectivity index (χ0n) is 14.9. The van der Waals surface area contributed by atoms with Crippen LogP contribution in [0.3, 0.4) is 0 Å². The van der Waals surface area contributed by atoms with E-state index in [9.17, 15) is 18.5 Å². The molecule has 0 spiro atoms. The molecule has 0 radical (unpaired) electrons. The van der Waals surface area contributed by atoms with Gasteiger partial charge in [-0.3, -0.25) is 10.1 Å². The molecule has 0 fully saturated rings. The molecule has 0 bridgehead atoms. The van der Waals surface area contributed by atoms with Crippen molar-refractivity contribution in [1.82, 2.24) is 4.31 Å². The Balaban J connectivity index is 2.32. The van der Waals surface area contributed by atoms with Crippen LogP contribution in [0.2, 0.25) is 0 Å². The summed E-state index contributed by atoms with van der Waals surface area (Å²) >= 11 is 0. The molecular weight excluding hydrogens is 360 g/mol. The number of rotatable bonds is 7. The lowest BCUT2D eigenvalue weighted by molar-refractivity contribution is -0.385. The molecule has 9 heteroatoms. The highest BCUT2D eigenvalue weighted by atomic mass is 32.2. The van der Waals surface area contributed by atoms with Crippen molar-refractivity contribution in [1.29, 1.82) is 0 Å². The van der Waals surface area contributed by atoms with Crippen LogP contribution >= 0.6 is 0 Å². The van der Waals surface area contributed by atoms with Crippen LogP contribution < -0.4 is 9.47 Å². The van der Waals surface area contributed by atoms with E-state index in [1.54, 1.807) is 25.1 Å². The fourth-order valence-corrected chi connectivity index (χ4v) is 3.63. The maximum absolute atomic E-state index is 12.7. The van der Waals surface area contributed by atoms with Gasteiger partial charge in [0, 0.05) is 25.2 Å². The van der Waals surface area contributed by atoms with Gasteiger partial charge >= 0.3 is 0 Å². The Bertz CT molecular complexity index is 927. The van der Waals surface area contributed by atoms with Gasteiger partial charge in [0.05, 0.1) is 24.0 Å². The topological polar surface area (TPSA) is 99.0 Å². The van der Waals surface area contributed by atoms with Gasteiger partial charge in [-0.05, 0) is 30.7 Å². The van der Waals surface area contributed by atoms with Crippen LogP contribution in [0.1, 0.15) is 11.1 Å². The van der Waals surface area contributed by atoms with Gasteiger partial charge in [0.15, 0.2) is 11.5 Å². The molecule has 8 nitrogen and oxygen atoms in total. The van der Waals surface area contributed by atoms with Crippen LogP contribution in [0.15, 0.2) is 41.3 Å². The minimum absolute atomic E-state index is 0.0738. The first kappa shape index (κ1) is 19.7. The van der Waals surface area contributed by atoms with Crippen LogP contribution in [-0.4, -0.2) is 38.9 Å². The SMILES string of the molecule is COc1ccc(CN(C)S(=O)(=O)c2ccc(C)c([N+](=O)[O-])c2)cc1OC. The van der Waals surface area contributed by atoms with E-state index in [0.717, 1.165) is 10.4 Å². The smallest absolute Gasteiger partial charge is 0.273 e. The number of nitrogens with zero attached hydrogens (tertiary/aromatic N) is 2. The van der Waals surface area contributed by atoms with Crippen LogP contribution in [0.25, 0.3) is 0 Å². The number of benzene rings is 2. The zero-order valence-corrected chi connectivity index (χ0v) is 15.7. The van der Waals surface area contributed by atoms with Gasteiger partial charge in [0.2, 0.25) is 10.0 Å². The van der Waals surface area contributed by atoms with Gasteiger partial charge in [-0.15, -0.1) is 0 Å². The molecule has 0 aliphatic heterocycles. The summed E-state index contributed by atoms with van der Waals surface area (Å²) in [5.41, 5.74) is 0.859. The molecule has 140 valence electrons. The number of nitro benzene ring substituents is 1. The number of sulfonamides is 1. The van der Waals surface area contributed by atoms with E-state index in [-0.39, 0.29) is 17.1 Å². The Hall–Kier alpha value is -2.65. The highest BCUT2D eigenvalue weighted by molar-refractivity contribution is 7.89. The van der Waals surface area contributed by atoms with Gasteiger partial charge in [-0.25, -0.2) is 8.42 Å². The minimum atomic E-state index is -3.89. The minimum Gasteiger partial charge on any atom is -0.493 e. The summed E-state index contributed by atoms with van der Waals surface area (Å²) < 4.78 is 37.0. The maximum atomic E-state index is 12.7. The van der Waals surface area contributed by atoms with E-state index >= 15 is 0 Å².